The molecule has 1 aliphatic rings. The Kier molecular flexibility index (Phi) is 5.09. The number of thiol groups is 1. The van der Waals surface area contributed by atoms with Crippen LogP contribution in [0.5, 0.6) is 0 Å². The highest BCUT2D eigenvalue weighted by Gasteiger charge is 2.13. The van der Waals surface area contributed by atoms with Crippen LogP contribution in [-0.2, 0) is 0 Å². The number of rotatable bonds is 4. The van der Waals surface area contributed by atoms with Crippen molar-refractivity contribution in [1.82, 2.24) is 14.1 Å². The van der Waals surface area contributed by atoms with Gasteiger partial charge < -0.3 is 4.90 Å². The second kappa shape index (κ2) is 5.86. The van der Waals surface area contributed by atoms with Crippen molar-refractivity contribution in [2.24, 2.45) is 0 Å². The van der Waals surface area contributed by atoms with E-state index in [2.05, 4.69) is 40.9 Å². The second-order valence-corrected chi connectivity index (χ2v) is 4.26. The van der Waals surface area contributed by atoms with Gasteiger partial charge in [-0.1, -0.05) is 19.7 Å². The lowest BCUT2D eigenvalue weighted by atomic mass is 10.3. The summed E-state index contributed by atoms with van der Waals surface area (Å²) in [6.45, 7) is 10.3. The first-order valence-electron chi connectivity index (χ1n) is 5.07. The van der Waals surface area contributed by atoms with Crippen LogP contribution in [0.4, 0.5) is 0 Å². The lowest BCUT2D eigenvalue weighted by Crippen LogP contribution is -2.45. The average Bonchev–Trinajstić information content (AvgIpc) is 2.16. The van der Waals surface area contributed by atoms with Crippen LogP contribution in [0.15, 0.2) is 0 Å². The fourth-order valence-corrected chi connectivity index (χ4v) is 1.61. The van der Waals surface area contributed by atoms with Crippen molar-refractivity contribution < 1.29 is 0 Å². The minimum Gasteiger partial charge on any atom is -0.305 e. The molecule has 0 unspecified atom stereocenters. The monoisotopic (exact) mass is 203 g/mol. The van der Waals surface area contributed by atoms with Crippen LogP contribution >= 0.6 is 12.8 Å². The molecule has 3 nitrogen and oxygen atoms in total. The molecule has 13 heavy (non-hydrogen) atoms. The topological polar surface area (TPSA) is 9.72 Å². The van der Waals surface area contributed by atoms with Crippen molar-refractivity contribution in [3.63, 3.8) is 0 Å². The first-order chi connectivity index (χ1) is 6.22. The van der Waals surface area contributed by atoms with Crippen molar-refractivity contribution >= 4 is 12.8 Å². The van der Waals surface area contributed by atoms with Gasteiger partial charge in [-0.25, -0.2) is 0 Å². The summed E-state index contributed by atoms with van der Waals surface area (Å²) in [6, 6.07) is 0. The summed E-state index contributed by atoms with van der Waals surface area (Å²) < 4.78 is 2.10. The largest absolute Gasteiger partial charge is 0.305 e. The highest BCUT2D eigenvalue weighted by Crippen LogP contribution is 2.02. The fourth-order valence-electron chi connectivity index (χ4n) is 1.43. The lowest BCUT2D eigenvalue weighted by Gasteiger charge is -2.32. The Morgan fingerprint density at radius 2 is 1.85 bits per heavy atom. The van der Waals surface area contributed by atoms with Crippen LogP contribution < -0.4 is 0 Å². The quantitative estimate of drug-likeness (QED) is 0.663. The lowest BCUT2D eigenvalue weighted by molar-refractivity contribution is 0.177. The van der Waals surface area contributed by atoms with Crippen molar-refractivity contribution in [2.75, 3.05) is 52.9 Å². The molecule has 0 atom stereocenters. The van der Waals surface area contributed by atoms with Crippen LogP contribution in [0, 0.1) is 0 Å². The molecule has 1 aliphatic heterocycles. The van der Waals surface area contributed by atoms with Gasteiger partial charge in [0.05, 0.1) is 0 Å². The number of hydrogen-bond donors (Lipinski definition) is 1. The first-order valence-corrected chi connectivity index (χ1v) is 5.47. The summed E-state index contributed by atoms with van der Waals surface area (Å²) in [6.07, 6.45) is 0. The van der Waals surface area contributed by atoms with E-state index in [1.54, 1.807) is 0 Å². The summed E-state index contributed by atoms with van der Waals surface area (Å²) >= 11 is 4.33. The van der Waals surface area contributed by atoms with E-state index in [9.17, 15) is 0 Å². The standard InChI is InChI=1S/C9H21N3S/c1-3-10(2)4-5-11-6-8-12(13)9-7-11/h13H,3-9H2,1-2H3. The molecule has 0 aromatic carbocycles. The first kappa shape index (κ1) is 11.3. The molecule has 0 radical (unpaired) electrons. The normalized spacial score (nSPS) is 21.2. The molecule has 78 valence electrons. The Labute approximate surface area is 87.2 Å². The summed E-state index contributed by atoms with van der Waals surface area (Å²) in [5, 5.41) is 0. The summed E-state index contributed by atoms with van der Waals surface area (Å²) in [5.74, 6) is 0. The van der Waals surface area contributed by atoms with Crippen molar-refractivity contribution in [1.29, 1.82) is 0 Å². The third-order valence-corrected chi connectivity index (χ3v) is 3.09. The summed E-state index contributed by atoms with van der Waals surface area (Å²) in [4.78, 5) is 4.87. The number of piperazine rings is 1. The fraction of sp³-hybridized carbons (Fsp3) is 1.00. The van der Waals surface area contributed by atoms with E-state index in [4.69, 9.17) is 0 Å². The van der Waals surface area contributed by atoms with E-state index in [0.717, 1.165) is 19.6 Å². The molecular weight excluding hydrogens is 182 g/mol. The number of likely N-dealkylation sites (N-methyl/N-ethyl adjacent to an activating group) is 1. The Morgan fingerprint density at radius 1 is 1.23 bits per heavy atom. The maximum atomic E-state index is 4.33. The minimum absolute atomic E-state index is 1.10. The molecule has 0 saturated carbocycles. The van der Waals surface area contributed by atoms with Gasteiger partial charge in [-0.15, -0.1) is 0 Å². The van der Waals surface area contributed by atoms with Gasteiger partial charge in [-0.2, -0.15) is 0 Å². The van der Waals surface area contributed by atoms with Crippen LogP contribution in [0.3, 0.4) is 0 Å². The molecule has 0 aromatic heterocycles. The van der Waals surface area contributed by atoms with E-state index in [1.165, 1.54) is 26.2 Å². The van der Waals surface area contributed by atoms with Gasteiger partial charge in [-0.3, -0.25) is 9.21 Å². The number of nitrogens with zero attached hydrogens (tertiary/aromatic N) is 3. The zero-order chi connectivity index (χ0) is 9.68. The van der Waals surface area contributed by atoms with Gasteiger partial charge in [-0.05, 0) is 13.6 Å². The van der Waals surface area contributed by atoms with Gasteiger partial charge in [0.15, 0.2) is 0 Å². The van der Waals surface area contributed by atoms with E-state index >= 15 is 0 Å². The molecule has 1 heterocycles. The predicted octanol–water partition coefficient (Wildman–Crippen LogP) is 0.400. The van der Waals surface area contributed by atoms with Crippen molar-refractivity contribution in [3.05, 3.63) is 0 Å². The van der Waals surface area contributed by atoms with Gasteiger partial charge in [0.2, 0.25) is 0 Å². The zero-order valence-corrected chi connectivity index (χ0v) is 9.63. The van der Waals surface area contributed by atoms with Gasteiger partial charge in [0, 0.05) is 39.3 Å². The molecule has 0 amide bonds. The average molecular weight is 203 g/mol. The molecule has 4 heteroatoms. The summed E-state index contributed by atoms with van der Waals surface area (Å²) in [7, 11) is 2.18. The van der Waals surface area contributed by atoms with Crippen LogP contribution in [0.25, 0.3) is 0 Å². The smallest absolute Gasteiger partial charge is 0.0215 e. The predicted molar refractivity (Wildman–Crippen MR) is 60.2 cm³/mol. The van der Waals surface area contributed by atoms with E-state index in [1.807, 2.05) is 0 Å². The zero-order valence-electron chi connectivity index (χ0n) is 8.74. The van der Waals surface area contributed by atoms with E-state index in [0.29, 0.717) is 0 Å². The van der Waals surface area contributed by atoms with E-state index in [-0.39, 0.29) is 0 Å². The molecule has 0 bridgehead atoms. The third kappa shape index (κ3) is 4.31. The molecule has 1 saturated heterocycles. The Morgan fingerprint density at radius 3 is 2.38 bits per heavy atom. The second-order valence-electron chi connectivity index (χ2n) is 3.69. The number of hydrogen-bond acceptors (Lipinski definition) is 4. The molecule has 0 aromatic rings. The van der Waals surface area contributed by atoms with E-state index < -0.39 is 0 Å². The molecular formula is C9H21N3S. The molecule has 0 aliphatic carbocycles. The molecule has 1 fully saturated rings. The SMILES string of the molecule is CCN(C)CCN1CCN(S)CC1. The van der Waals surface area contributed by atoms with Gasteiger partial charge in [0.25, 0.3) is 0 Å². The molecule has 0 spiro atoms. The Hall–Kier alpha value is 0.230. The van der Waals surface area contributed by atoms with Crippen molar-refractivity contribution in [3.8, 4) is 0 Å². The minimum atomic E-state index is 1.10. The maximum Gasteiger partial charge on any atom is 0.0215 e. The Bertz CT molecular complexity index is 135. The van der Waals surface area contributed by atoms with Gasteiger partial charge in [0.1, 0.15) is 0 Å². The summed E-state index contributed by atoms with van der Waals surface area (Å²) in [5.41, 5.74) is 0. The highest BCUT2D eigenvalue weighted by molar-refractivity contribution is 7.77. The van der Waals surface area contributed by atoms with Crippen molar-refractivity contribution in [2.45, 2.75) is 6.92 Å². The van der Waals surface area contributed by atoms with Crippen LogP contribution in [0.2, 0.25) is 0 Å². The molecule has 1 rings (SSSR count). The van der Waals surface area contributed by atoms with Crippen LogP contribution in [0.1, 0.15) is 6.92 Å². The van der Waals surface area contributed by atoms with Gasteiger partial charge >= 0.3 is 0 Å². The van der Waals surface area contributed by atoms with Crippen LogP contribution in [-0.4, -0.2) is 67.0 Å². The maximum absolute atomic E-state index is 4.33. The third-order valence-electron chi connectivity index (χ3n) is 2.69. The Balaban J connectivity index is 2.08. The highest BCUT2D eigenvalue weighted by atomic mass is 32.1. The molecule has 0 N–H and O–H groups in total.